The summed E-state index contributed by atoms with van der Waals surface area (Å²) < 4.78 is 13.1. The minimum absolute atomic E-state index is 0.00404. The van der Waals surface area contributed by atoms with Crippen molar-refractivity contribution >= 4 is 45.6 Å². The van der Waals surface area contributed by atoms with Crippen molar-refractivity contribution in [3.05, 3.63) is 32.7 Å². The topological polar surface area (TPSA) is 103 Å². The minimum Gasteiger partial charge on any atom is -0.481 e. The lowest BCUT2D eigenvalue weighted by atomic mass is 10.1. The first-order chi connectivity index (χ1) is 14.7. The van der Waals surface area contributed by atoms with Crippen molar-refractivity contribution in [3.8, 4) is 0 Å². The third-order valence-electron chi connectivity index (χ3n) is 5.12. The molecule has 1 saturated heterocycles. The van der Waals surface area contributed by atoms with Crippen LogP contribution in [0.4, 0.5) is 9.52 Å². The first-order valence-corrected chi connectivity index (χ1v) is 11.6. The van der Waals surface area contributed by atoms with Gasteiger partial charge in [-0.05, 0) is 45.8 Å². The number of anilines is 1. The second-order valence-corrected chi connectivity index (χ2v) is 9.79. The number of aromatic nitrogens is 1. The highest BCUT2D eigenvalue weighted by atomic mass is 32.1. The molecule has 0 aliphatic carbocycles. The number of thiophene rings is 1. The third-order valence-corrected chi connectivity index (χ3v) is 6.97. The molecule has 1 atom stereocenters. The molecule has 0 aromatic carbocycles. The van der Waals surface area contributed by atoms with Gasteiger partial charge in [0.05, 0.1) is 24.3 Å². The van der Waals surface area contributed by atoms with Crippen LogP contribution in [0.3, 0.4) is 0 Å². The Kier molecular flexibility index (Phi) is 7.74. The van der Waals surface area contributed by atoms with Gasteiger partial charge in [-0.3, -0.25) is 24.6 Å². The molecule has 0 bridgehead atoms. The number of hydrogen-bond donors (Lipinski definition) is 2. The largest absolute Gasteiger partial charge is 0.481 e. The molecule has 1 aliphatic heterocycles. The Labute approximate surface area is 187 Å². The van der Waals surface area contributed by atoms with Crippen LogP contribution in [0.5, 0.6) is 0 Å². The molecule has 8 nitrogen and oxygen atoms in total. The van der Waals surface area contributed by atoms with Crippen molar-refractivity contribution in [3.63, 3.8) is 0 Å². The Bertz CT molecular complexity index is 961. The van der Waals surface area contributed by atoms with Crippen LogP contribution in [0.1, 0.15) is 51.8 Å². The van der Waals surface area contributed by atoms with Crippen LogP contribution in [0.15, 0.2) is 12.3 Å². The van der Waals surface area contributed by atoms with Crippen LogP contribution in [0.2, 0.25) is 0 Å². The number of carbonyl (C=O) groups is 3. The Balaban J connectivity index is 1.63. The molecule has 1 fully saturated rings. The Hall–Kier alpha value is -2.37. The van der Waals surface area contributed by atoms with E-state index in [1.54, 1.807) is 0 Å². The van der Waals surface area contributed by atoms with E-state index in [2.05, 4.69) is 10.3 Å². The minimum atomic E-state index is -0.841. The Morgan fingerprint density at radius 3 is 2.84 bits per heavy atom. The molecule has 1 aliphatic rings. The molecule has 2 N–H and O–H groups in total. The molecule has 2 aromatic rings. The van der Waals surface area contributed by atoms with Gasteiger partial charge in [0.15, 0.2) is 10.3 Å². The van der Waals surface area contributed by atoms with Crippen LogP contribution < -0.4 is 5.32 Å². The molecule has 11 heteroatoms. The fourth-order valence-electron chi connectivity index (χ4n) is 3.63. The molecular weight excluding hydrogens is 443 g/mol. The zero-order valence-electron chi connectivity index (χ0n) is 17.4. The number of aryl methyl sites for hydroxylation is 1. The van der Waals surface area contributed by atoms with Crippen molar-refractivity contribution in [1.82, 2.24) is 14.8 Å². The molecule has 168 valence electrons. The van der Waals surface area contributed by atoms with E-state index in [0.717, 1.165) is 40.1 Å². The predicted octanol–water partition coefficient (Wildman–Crippen LogP) is 3.36. The van der Waals surface area contributed by atoms with Crippen LogP contribution in [-0.2, 0) is 9.59 Å². The van der Waals surface area contributed by atoms with Gasteiger partial charge in [-0.1, -0.05) is 11.3 Å². The van der Waals surface area contributed by atoms with E-state index in [9.17, 15) is 18.8 Å². The average molecular weight is 469 g/mol. The number of carboxylic acids is 1. The summed E-state index contributed by atoms with van der Waals surface area (Å²) in [5.74, 6) is -1.19. The van der Waals surface area contributed by atoms with Gasteiger partial charge in [0.2, 0.25) is 5.91 Å². The fraction of sp³-hybridized carbons (Fsp3) is 0.500. The number of rotatable bonds is 9. The number of aliphatic carboxylic acids is 1. The van der Waals surface area contributed by atoms with Crippen LogP contribution in [0.25, 0.3) is 0 Å². The number of carbonyl (C=O) groups excluding carboxylic acids is 2. The van der Waals surface area contributed by atoms with E-state index < -0.39 is 11.1 Å². The number of amides is 2. The van der Waals surface area contributed by atoms with Crippen molar-refractivity contribution in [2.75, 3.05) is 32.0 Å². The number of carboxylic acid groups (broad SMARTS) is 1. The SMILES string of the molecule is Cc1sc(C2CCCN2C(=O)CN(C)CCCC(=O)O)cc1C(=O)Nc1ncc(F)s1. The molecule has 0 saturated carbocycles. The lowest BCUT2D eigenvalue weighted by molar-refractivity contribution is -0.137. The summed E-state index contributed by atoms with van der Waals surface area (Å²) >= 11 is 2.26. The van der Waals surface area contributed by atoms with E-state index >= 15 is 0 Å². The van der Waals surface area contributed by atoms with E-state index in [1.165, 1.54) is 11.3 Å². The molecular formula is C20H25FN4O4S2. The highest BCUT2D eigenvalue weighted by Gasteiger charge is 2.32. The first-order valence-electron chi connectivity index (χ1n) is 9.97. The summed E-state index contributed by atoms with van der Waals surface area (Å²) in [5.41, 5.74) is 0.501. The summed E-state index contributed by atoms with van der Waals surface area (Å²) in [4.78, 5) is 45.4. The van der Waals surface area contributed by atoms with Crippen LogP contribution >= 0.6 is 22.7 Å². The quantitative estimate of drug-likeness (QED) is 0.585. The third kappa shape index (κ3) is 6.08. The average Bonchev–Trinajstić information content (AvgIpc) is 3.41. The summed E-state index contributed by atoms with van der Waals surface area (Å²) in [6.07, 6.45) is 3.35. The number of nitrogens with one attached hydrogen (secondary N) is 1. The highest BCUT2D eigenvalue weighted by molar-refractivity contribution is 7.14. The summed E-state index contributed by atoms with van der Waals surface area (Å²) in [7, 11) is 1.81. The van der Waals surface area contributed by atoms with Crippen molar-refractivity contribution in [2.24, 2.45) is 0 Å². The standard InChI is InChI=1S/C20H25FN4O4S2/c1-12-13(19(29)23-20-22-10-16(21)31-20)9-15(30-12)14-5-3-8-25(14)17(26)11-24(2)7-4-6-18(27)28/h9-10,14H,3-8,11H2,1-2H3,(H,27,28)(H,22,23,29). The maximum Gasteiger partial charge on any atom is 0.303 e. The van der Waals surface area contributed by atoms with Crippen molar-refractivity contribution in [1.29, 1.82) is 0 Å². The zero-order valence-corrected chi connectivity index (χ0v) is 19.0. The van der Waals surface area contributed by atoms with Gasteiger partial charge in [0.1, 0.15) is 0 Å². The lowest BCUT2D eigenvalue weighted by Crippen LogP contribution is -2.38. The summed E-state index contributed by atoms with van der Waals surface area (Å²) in [5, 5.41) is 11.1. The number of likely N-dealkylation sites (tertiary alicyclic amines) is 1. The molecule has 1 unspecified atom stereocenters. The highest BCUT2D eigenvalue weighted by Crippen LogP contribution is 2.37. The van der Waals surface area contributed by atoms with Crippen molar-refractivity contribution in [2.45, 2.75) is 38.6 Å². The molecule has 3 heterocycles. The second kappa shape index (κ2) is 10.3. The number of likely N-dealkylation sites (N-methyl/N-ethyl adjacent to an activating group) is 1. The van der Waals surface area contributed by atoms with Gasteiger partial charge >= 0.3 is 5.97 Å². The number of halogens is 1. The van der Waals surface area contributed by atoms with Gasteiger partial charge in [-0.25, -0.2) is 4.98 Å². The molecule has 2 amide bonds. The van der Waals surface area contributed by atoms with Crippen LogP contribution in [0, 0.1) is 12.1 Å². The summed E-state index contributed by atoms with van der Waals surface area (Å²) in [6.45, 7) is 3.27. The van der Waals surface area contributed by atoms with Crippen LogP contribution in [-0.4, -0.2) is 64.4 Å². The van der Waals surface area contributed by atoms with Gasteiger partial charge in [-0.15, -0.1) is 11.3 Å². The molecule has 2 aromatic heterocycles. The normalized spacial score (nSPS) is 16.1. The smallest absolute Gasteiger partial charge is 0.303 e. The monoisotopic (exact) mass is 468 g/mol. The zero-order chi connectivity index (χ0) is 22.5. The molecule has 0 spiro atoms. The maximum atomic E-state index is 13.1. The van der Waals surface area contributed by atoms with Gasteiger partial charge in [0, 0.05) is 22.7 Å². The van der Waals surface area contributed by atoms with Gasteiger partial charge < -0.3 is 10.0 Å². The Morgan fingerprint density at radius 1 is 1.39 bits per heavy atom. The van der Waals surface area contributed by atoms with Gasteiger partial charge in [0.25, 0.3) is 5.91 Å². The van der Waals surface area contributed by atoms with Gasteiger partial charge in [-0.2, -0.15) is 4.39 Å². The Morgan fingerprint density at radius 2 is 2.16 bits per heavy atom. The van der Waals surface area contributed by atoms with E-state index in [-0.39, 0.29) is 36.0 Å². The predicted molar refractivity (Wildman–Crippen MR) is 117 cm³/mol. The number of thiazole rings is 1. The second-order valence-electron chi connectivity index (χ2n) is 7.52. The van der Waals surface area contributed by atoms with E-state index in [1.807, 2.05) is 29.8 Å². The number of nitrogens with zero attached hydrogens (tertiary/aromatic N) is 3. The molecule has 3 rings (SSSR count). The van der Waals surface area contributed by atoms with E-state index in [0.29, 0.717) is 25.1 Å². The molecule has 0 radical (unpaired) electrons. The lowest BCUT2D eigenvalue weighted by Gasteiger charge is -2.26. The fourth-order valence-corrected chi connectivity index (χ4v) is 5.35. The first kappa shape index (κ1) is 23.3. The summed E-state index contributed by atoms with van der Waals surface area (Å²) in [6, 6.07) is 1.73. The number of hydrogen-bond acceptors (Lipinski definition) is 7. The van der Waals surface area contributed by atoms with E-state index in [4.69, 9.17) is 5.11 Å². The molecule has 31 heavy (non-hydrogen) atoms. The maximum absolute atomic E-state index is 13.1. The van der Waals surface area contributed by atoms with Crippen molar-refractivity contribution < 1.29 is 23.9 Å².